The molecule has 3 N–H and O–H groups in total. The number of hydrogen-bond donors (Lipinski definition) is 3. The molecule has 0 fully saturated rings. The first kappa shape index (κ1) is 16.3. The maximum Gasteiger partial charge on any atom is 0.285 e. The van der Waals surface area contributed by atoms with Crippen LogP contribution < -0.4 is 15.7 Å². The van der Waals surface area contributed by atoms with E-state index in [1.165, 1.54) is 12.4 Å². The maximum atomic E-state index is 11.3. The normalized spacial score (nSPS) is 10.9. The summed E-state index contributed by atoms with van der Waals surface area (Å²) in [6, 6.07) is 3.30. The van der Waals surface area contributed by atoms with Gasteiger partial charge in [0, 0.05) is 0 Å². The largest absolute Gasteiger partial charge is 0.503 e. The van der Waals surface area contributed by atoms with E-state index in [0.717, 1.165) is 0 Å². The number of phenolic OH excluding ortho intramolecular Hbond substituents is 1. The summed E-state index contributed by atoms with van der Waals surface area (Å²) in [6.07, 6.45) is 2.84. The molecular formula is C13H12BrClN4O3. The minimum Gasteiger partial charge on any atom is -0.503 e. The lowest BCUT2D eigenvalue weighted by molar-refractivity contribution is 0.317. The number of halogens is 2. The number of anilines is 1. The lowest BCUT2D eigenvalue weighted by Crippen LogP contribution is -2.10. The van der Waals surface area contributed by atoms with Crippen LogP contribution in [0.2, 0.25) is 5.02 Å². The van der Waals surface area contributed by atoms with Gasteiger partial charge in [0.25, 0.3) is 5.56 Å². The Morgan fingerprint density at radius 3 is 3.09 bits per heavy atom. The summed E-state index contributed by atoms with van der Waals surface area (Å²) in [4.78, 5) is 11.3. The predicted octanol–water partition coefficient (Wildman–Crippen LogP) is 2.74. The topological polar surface area (TPSA) is 99.6 Å². The molecule has 0 saturated carbocycles. The van der Waals surface area contributed by atoms with Crippen LogP contribution in [0, 0.1) is 0 Å². The lowest BCUT2D eigenvalue weighted by Gasteiger charge is -2.08. The summed E-state index contributed by atoms with van der Waals surface area (Å²) < 4.78 is 5.80. The molecule has 0 aliphatic carbocycles. The van der Waals surface area contributed by atoms with E-state index in [-0.39, 0.29) is 16.5 Å². The average Bonchev–Trinajstić information content (AvgIpc) is 2.49. The van der Waals surface area contributed by atoms with E-state index in [2.05, 4.69) is 36.7 Å². The Hall–Kier alpha value is -2.06. The molecule has 0 aliphatic rings. The lowest BCUT2D eigenvalue weighted by atomic mass is 10.2. The molecular weight excluding hydrogens is 376 g/mol. The molecule has 0 saturated heterocycles. The fourth-order valence-electron chi connectivity index (χ4n) is 1.57. The zero-order chi connectivity index (χ0) is 16.1. The fraction of sp³-hybridized carbons (Fsp3) is 0.154. The molecule has 0 atom stereocenters. The second kappa shape index (κ2) is 7.28. The second-order valence-electron chi connectivity index (χ2n) is 4.08. The van der Waals surface area contributed by atoms with Crippen LogP contribution in [0.4, 0.5) is 5.69 Å². The molecule has 0 spiro atoms. The van der Waals surface area contributed by atoms with E-state index in [0.29, 0.717) is 22.4 Å². The molecule has 0 aliphatic heterocycles. The maximum absolute atomic E-state index is 11.3. The van der Waals surface area contributed by atoms with E-state index < -0.39 is 5.56 Å². The van der Waals surface area contributed by atoms with E-state index in [1.54, 1.807) is 12.1 Å². The van der Waals surface area contributed by atoms with Crippen LogP contribution in [0.5, 0.6) is 11.5 Å². The Bertz CT molecular complexity index is 763. The van der Waals surface area contributed by atoms with Crippen LogP contribution in [0.15, 0.2) is 32.7 Å². The van der Waals surface area contributed by atoms with Gasteiger partial charge in [-0.15, -0.1) is 0 Å². The SMILES string of the molecule is CCOc1cc(/C=N/Nc2cn[nH]c(=O)c2Cl)cc(Br)c1O. The summed E-state index contributed by atoms with van der Waals surface area (Å²) in [6.45, 7) is 2.24. The van der Waals surface area contributed by atoms with Crippen molar-refractivity contribution in [3.63, 3.8) is 0 Å². The summed E-state index contributed by atoms with van der Waals surface area (Å²) >= 11 is 9.04. The Morgan fingerprint density at radius 1 is 1.59 bits per heavy atom. The Labute approximate surface area is 139 Å². The quantitative estimate of drug-likeness (QED) is 0.541. The zero-order valence-corrected chi connectivity index (χ0v) is 13.8. The minimum atomic E-state index is -0.507. The molecule has 1 aromatic carbocycles. The highest BCUT2D eigenvalue weighted by molar-refractivity contribution is 9.10. The van der Waals surface area contributed by atoms with E-state index in [9.17, 15) is 9.90 Å². The van der Waals surface area contributed by atoms with Gasteiger partial charge in [-0.05, 0) is 40.5 Å². The number of nitrogens with one attached hydrogen (secondary N) is 2. The zero-order valence-electron chi connectivity index (χ0n) is 11.4. The monoisotopic (exact) mass is 386 g/mol. The van der Waals surface area contributed by atoms with Gasteiger partial charge in [0.1, 0.15) is 10.7 Å². The number of aromatic amines is 1. The van der Waals surface area contributed by atoms with Crippen molar-refractivity contribution >= 4 is 39.4 Å². The molecule has 1 aromatic heterocycles. The molecule has 0 bridgehead atoms. The van der Waals surface area contributed by atoms with Crippen molar-refractivity contribution in [3.8, 4) is 11.5 Å². The van der Waals surface area contributed by atoms with Crippen molar-refractivity contribution in [2.24, 2.45) is 5.10 Å². The molecule has 1 heterocycles. The van der Waals surface area contributed by atoms with E-state index >= 15 is 0 Å². The average molecular weight is 388 g/mol. The molecule has 116 valence electrons. The van der Waals surface area contributed by atoms with Gasteiger partial charge in [-0.1, -0.05) is 11.6 Å². The van der Waals surface area contributed by atoms with Gasteiger partial charge in [0.05, 0.1) is 23.5 Å². The molecule has 0 amide bonds. The van der Waals surface area contributed by atoms with Crippen LogP contribution in [-0.4, -0.2) is 28.1 Å². The van der Waals surface area contributed by atoms with Crippen LogP contribution in [0.1, 0.15) is 12.5 Å². The molecule has 7 nitrogen and oxygen atoms in total. The van der Waals surface area contributed by atoms with Crippen molar-refractivity contribution in [2.75, 3.05) is 12.0 Å². The number of hydrazone groups is 1. The summed E-state index contributed by atoms with van der Waals surface area (Å²) in [7, 11) is 0. The van der Waals surface area contributed by atoms with Crippen LogP contribution >= 0.6 is 27.5 Å². The summed E-state index contributed by atoms with van der Waals surface area (Å²) in [5.41, 5.74) is 3.08. The minimum absolute atomic E-state index is 0.0220. The van der Waals surface area contributed by atoms with E-state index in [4.69, 9.17) is 16.3 Å². The molecule has 0 radical (unpaired) electrons. The van der Waals surface area contributed by atoms with Gasteiger partial charge in [0.2, 0.25) is 0 Å². The van der Waals surface area contributed by atoms with Crippen LogP contribution in [-0.2, 0) is 0 Å². The van der Waals surface area contributed by atoms with Crippen molar-refractivity contribution in [2.45, 2.75) is 6.92 Å². The van der Waals surface area contributed by atoms with Gasteiger partial charge in [-0.2, -0.15) is 10.2 Å². The molecule has 2 aromatic rings. The van der Waals surface area contributed by atoms with E-state index in [1.807, 2.05) is 6.92 Å². The second-order valence-corrected chi connectivity index (χ2v) is 5.31. The third-order valence-electron chi connectivity index (χ3n) is 2.54. The molecule has 9 heteroatoms. The van der Waals surface area contributed by atoms with Crippen molar-refractivity contribution < 1.29 is 9.84 Å². The number of benzene rings is 1. The smallest absolute Gasteiger partial charge is 0.285 e. The number of phenols is 1. The molecule has 22 heavy (non-hydrogen) atoms. The standard InChI is InChI=1S/C13H12BrClN4O3/c1-2-22-10-4-7(3-8(14)12(10)20)5-16-18-9-6-17-19-13(21)11(9)15/h3-6,20H,2H2,1H3,(H2,18,19,21)/b16-5+. The number of aromatic hydroxyl groups is 1. The predicted molar refractivity (Wildman–Crippen MR) is 88.1 cm³/mol. The summed E-state index contributed by atoms with van der Waals surface area (Å²) in [5, 5.41) is 19.6. The highest BCUT2D eigenvalue weighted by Crippen LogP contribution is 2.35. The Morgan fingerprint density at radius 2 is 2.36 bits per heavy atom. The first-order chi connectivity index (χ1) is 10.5. The highest BCUT2D eigenvalue weighted by Gasteiger charge is 2.08. The molecule has 2 rings (SSSR count). The first-order valence-electron chi connectivity index (χ1n) is 6.20. The van der Waals surface area contributed by atoms with Gasteiger partial charge >= 0.3 is 0 Å². The first-order valence-corrected chi connectivity index (χ1v) is 7.37. The highest BCUT2D eigenvalue weighted by atomic mass is 79.9. The van der Waals surface area contributed by atoms with Gasteiger partial charge in [-0.25, -0.2) is 5.10 Å². The van der Waals surface area contributed by atoms with Crippen LogP contribution in [0.25, 0.3) is 0 Å². The van der Waals surface area contributed by atoms with Gasteiger partial charge in [0.15, 0.2) is 11.5 Å². The third-order valence-corrected chi connectivity index (χ3v) is 3.52. The van der Waals surface area contributed by atoms with Gasteiger partial charge < -0.3 is 9.84 Å². The number of hydrogen-bond acceptors (Lipinski definition) is 6. The molecule has 0 unspecified atom stereocenters. The fourth-order valence-corrected chi connectivity index (χ4v) is 2.16. The Kier molecular flexibility index (Phi) is 5.40. The number of aromatic nitrogens is 2. The Balaban J connectivity index is 2.20. The van der Waals surface area contributed by atoms with Crippen molar-refractivity contribution in [1.82, 2.24) is 10.2 Å². The van der Waals surface area contributed by atoms with Crippen LogP contribution in [0.3, 0.4) is 0 Å². The van der Waals surface area contributed by atoms with Crippen molar-refractivity contribution in [1.29, 1.82) is 0 Å². The third kappa shape index (κ3) is 3.77. The van der Waals surface area contributed by atoms with Crippen molar-refractivity contribution in [3.05, 3.63) is 43.7 Å². The van der Waals surface area contributed by atoms with Gasteiger partial charge in [-0.3, -0.25) is 10.2 Å². The number of ether oxygens (including phenoxy) is 1. The number of nitrogens with zero attached hydrogens (tertiary/aromatic N) is 2. The number of H-pyrrole nitrogens is 1. The number of rotatable bonds is 5. The summed E-state index contributed by atoms with van der Waals surface area (Å²) in [5.74, 6) is 0.364.